The number of nitrogens with one attached hydrogen (secondary N) is 1. The molecule has 0 atom stereocenters. The lowest BCUT2D eigenvalue weighted by Crippen LogP contribution is -2.05. The van der Waals surface area contributed by atoms with Crippen molar-refractivity contribution in [3.8, 4) is 0 Å². The molecule has 0 aliphatic carbocycles. The molecular formula is C8H4ClNO2S. The lowest BCUT2D eigenvalue weighted by molar-refractivity contribution is 0.557. The van der Waals surface area contributed by atoms with Crippen molar-refractivity contribution in [1.29, 1.82) is 0 Å². The molecule has 1 aromatic heterocycles. The van der Waals surface area contributed by atoms with Gasteiger partial charge in [0.05, 0.1) is 10.4 Å². The highest BCUT2D eigenvalue weighted by Gasteiger charge is 2.03. The van der Waals surface area contributed by atoms with Crippen LogP contribution in [0, 0.1) is 4.84 Å². The number of benzene rings is 1. The van der Waals surface area contributed by atoms with E-state index in [1.165, 1.54) is 0 Å². The van der Waals surface area contributed by atoms with Gasteiger partial charge in [-0.05, 0) is 24.4 Å². The van der Waals surface area contributed by atoms with Gasteiger partial charge in [-0.15, -0.1) is 0 Å². The zero-order chi connectivity index (χ0) is 9.42. The molecule has 0 unspecified atom stereocenters. The monoisotopic (exact) mass is 213 g/mol. The van der Waals surface area contributed by atoms with Crippen LogP contribution >= 0.6 is 23.8 Å². The molecule has 0 amide bonds. The summed E-state index contributed by atoms with van der Waals surface area (Å²) in [7, 11) is 0. The molecule has 2 aromatic rings. The van der Waals surface area contributed by atoms with Crippen molar-refractivity contribution in [2.45, 2.75) is 0 Å². The molecule has 3 nitrogen and oxygen atoms in total. The number of H-pyrrole nitrogens is 1. The smallest absolute Gasteiger partial charge is 0.269 e. The fourth-order valence-corrected chi connectivity index (χ4v) is 1.46. The first-order chi connectivity index (χ1) is 6.18. The fraction of sp³-hybridized carbons (Fsp3) is 0. The minimum Gasteiger partial charge on any atom is -0.429 e. The third-order valence-electron chi connectivity index (χ3n) is 1.62. The van der Waals surface area contributed by atoms with Crippen LogP contribution in [0.15, 0.2) is 27.4 Å². The van der Waals surface area contributed by atoms with Gasteiger partial charge in [0.15, 0.2) is 5.58 Å². The lowest BCUT2D eigenvalue weighted by Gasteiger charge is -1.96. The van der Waals surface area contributed by atoms with Crippen LogP contribution in [0.1, 0.15) is 0 Å². The van der Waals surface area contributed by atoms with Crippen molar-refractivity contribution in [1.82, 2.24) is 4.98 Å². The number of para-hydroxylation sites is 1. The molecule has 13 heavy (non-hydrogen) atoms. The van der Waals surface area contributed by atoms with Gasteiger partial charge in [0, 0.05) is 0 Å². The first-order valence-corrected chi connectivity index (χ1v) is 4.29. The van der Waals surface area contributed by atoms with E-state index in [0.29, 0.717) is 16.0 Å². The van der Waals surface area contributed by atoms with E-state index < -0.39 is 0 Å². The van der Waals surface area contributed by atoms with Gasteiger partial charge in [0.1, 0.15) is 0 Å². The van der Waals surface area contributed by atoms with Gasteiger partial charge in [-0.25, -0.2) is 0 Å². The Morgan fingerprint density at radius 1 is 1.46 bits per heavy atom. The Balaban J connectivity index is 3.12. The van der Waals surface area contributed by atoms with E-state index in [1.54, 1.807) is 18.2 Å². The molecule has 0 bridgehead atoms. The van der Waals surface area contributed by atoms with E-state index in [2.05, 4.69) is 4.98 Å². The van der Waals surface area contributed by atoms with E-state index in [4.69, 9.17) is 28.2 Å². The van der Waals surface area contributed by atoms with Crippen LogP contribution < -0.4 is 5.56 Å². The van der Waals surface area contributed by atoms with E-state index in [9.17, 15) is 4.79 Å². The first kappa shape index (κ1) is 8.47. The van der Waals surface area contributed by atoms with Crippen LogP contribution in [0.25, 0.3) is 11.0 Å². The normalized spacial score (nSPS) is 10.5. The average Bonchev–Trinajstić information content (AvgIpc) is 2.07. The second kappa shape index (κ2) is 2.97. The number of aromatic amines is 1. The Labute approximate surface area is 83.0 Å². The molecule has 0 fully saturated rings. The molecular weight excluding hydrogens is 210 g/mol. The number of hydrogen-bond donors (Lipinski definition) is 1. The molecule has 0 aliphatic rings. The fourth-order valence-electron chi connectivity index (χ4n) is 1.07. The highest BCUT2D eigenvalue weighted by molar-refractivity contribution is 7.71. The summed E-state index contributed by atoms with van der Waals surface area (Å²) < 4.78 is 5.10. The molecule has 0 saturated carbocycles. The molecule has 2 rings (SSSR count). The largest absolute Gasteiger partial charge is 0.429 e. The Morgan fingerprint density at radius 3 is 3.00 bits per heavy atom. The number of fused-ring (bicyclic) bond motifs is 1. The van der Waals surface area contributed by atoms with Crippen LogP contribution in [-0.2, 0) is 0 Å². The van der Waals surface area contributed by atoms with Crippen LogP contribution in [-0.4, -0.2) is 4.98 Å². The van der Waals surface area contributed by atoms with Crippen LogP contribution in [0.3, 0.4) is 0 Å². The third kappa shape index (κ3) is 1.38. The summed E-state index contributed by atoms with van der Waals surface area (Å²) >= 11 is 10.5. The molecule has 1 N–H and O–H groups in total. The topological polar surface area (TPSA) is 46.0 Å². The number of halogens is 1. The van der Waals surface area contributed by atoms with Crippen molar-refractivity contribution in [2.24, 2.45) is 0 Å². The quantitative estimate of drug-likeness (QED) is 0.684. The maximum Gasteiger partial charge on any atom is 0.269 e. The van der Waals surface area contributed by atoms with Crippen molar-refractivity contribution in [2.75, 3.05) is 0 Å². The van der Waals surface area contributed by atoms with Gasteiger partial charge in [0.2, 0.25) is 0 Å². The summed E-state index contributed by atoms with van der Waals surface area (Å²) in [5, 5.41) is 0.788. The van der Waals surface area contributed by atoms with Crippen LogP contribution in [0.2, 0.25) is 5.02 Å². The van der Waals surface area contributed by atoms with Gasteiger partial charge < -0.3 is 4.42 Å². The molecule has 1 heterocycles. The summed E-state index contributed by atoms with van der Waals surface area (Å²) in [6, 6.07) is 4.94. The molecule has 0 radical (unpaired) electrons. The summed E-state index contributed by atoms with van der Waals surface area (Å²) in [6.45, 7) is 0. The third-order valence-corrected chi connectivity index (χ3v) is 2.10. The van der Waals surface area contributed by atoms with Crippen LogP contribution in [0.4, 0.5) is 0 Å². The molecule has 0 aliphatic heterocycles. The van der Waals surface area contributed by atoms with Gasteiger partial charge in [-0.2, -0.15) is 0 Å². The molecule has 66 valence electrons. The summed E-state index contributed by atoms with van der Waals surface area (Å²) in [6.07, 6.45) is 0. The summed E-state index contributed by atoms with van der Waals surface area (Å²) in [5.41, 5.74) is 0.0478. The predicted octanol–water partition coefficient (Wildman–Crippen LogP) is 2.50. The Hall–Kier alpha value is -1.13. The van der Waals surface area contributed by atoms with Crippen molar-refractivity contribution in [3.63, 3.8) is 0 Å². The minimum absolute atomic E-state index is 0.0330. The SMILES string of the molecule is O=c1[nH]c(=S)oc2c(Cl)cccc12. The minimum atomic E-state index is -0.284. The second-order valence-corrected chi connectivity index (χ2v) is 3.24. The van der Waals surface area contributed by atoms with Crippen molar-refractivity contribution >= 4 is 34.8 Å². The first-order valence-electron chi connectivity index (χ1n) is 3.50. The highest BCUT2D eigenvalue weighted by atomic mass is 35.5. The summed E-state index contributed by atoms with van der Waals surface area (Å²) in [4.78, 5) is 13.7. The standard InChI is InChI=1S/C8H4ClNO2S/c9-5-3-1-2-4-6(5)12-8(13)10-7(4)11/h1-3H,(H,10,11,13). The second-order valence-electron chi connectivity index (χ2n) is 2.46. The lowest BCUT2D eigenvalue weighted by atomic mass is 10.2. The van der Waals surface area contributed by atoms with Crippen molar-refractivity contribution < 1.29 is 4.42 Å². The van der Waals surface area contributed by atoms with Gasteiger partial charge in [-0.1, -0.05) is 17.7 Å². The Morgan fingerprint density at radius 2 is 2.23 bits per heavy atom. The van der Waals surface area contributed by atoms with Gasteiger partial charge >= 0.3 is 0 Å². The maximum atomic E-state index is 11.3. The molecule has 0 saturated heterocycles. The van der Waals surface area contributed by atoms with E-state index in [1.807, 2.05) is 0 Å². The van der Waals surface area contributed by atoms with Gasteiger partial charge in [0.25, 0.3) is 10.4 Å². The van der Waals surface area contributed by atoms with Crippen molar-refractivity contribution in [3.05, 3.63) is 38.4 Å². The Bertz CT molecular complexity index is 572. The number of hydrogen-bond acceptors (Lipinski definition) is 3. The highest BCUT2D eigenvalue weighted by Crippen LogP contribution is 2.19. The van der Waals surface area contributed by atoms with E-state index in [-0.39, 0.29) is 10.4 Å². The van der Waals surface area contributed by atoms with Gasteiger partial charge in [-0.3, -0.25) is 9.78 Å². The zero-order valence-electron chi connectivity index (χ0n) is 6.33. The number of rotatable bonds is 0. The molecule has 5 heteroatoms. The average molecular weight is 214 g/mol. The Kier molecular flexibility index (Phi) is 1.94. The molecule has 0 spiro atoms. The van der Waals surface area contributed by atoms with E-state index >= 15 is 0 Å². The predicted molar refractivity (Wildman–Crippen MR) is 52.7 cm³/mol. The zero-order valence-corrected chi connectivity index (χ0v) is 7.91. The molecule has 1 aromatic carbocycles. The summed E-state index contributed by atoms with van der Waals surface area (Å²) in [5.74, 6) is 0. The number of aromatic nitrogens is 1. The van der Waals surface area contributed by atoms with E-state index in [0.717, 1.165) is 0 Å². The maximum absolute atomic E-state index is 11.3. The van der Waals surface area contributed by atoms with Crippen LogP contribution in [0.5, 0.6) is 0 Å².